The van der Waals surface area contributed by atoms with Crippen LogP contribution < -0.4 is 10.3 Å². The smallest absolute Gasteiger partial charge is 0.295 e. The predicted octanol–water partition coefficient (Wildman–Crippen LogP) is 5.96. The van der Waals surface area contributed by atoms with Crippen LogP contribution in [0.5, 0.6) is 0 Å². The molecule has 4 nitrogen and oxygen atoms in total. The maximum atomic E-state index is 13.4. The average Bonchev–Trinajstić information content (AvgIpc) is 3.02. The number of amides is 1. The van der Waals surface area contributed by atoms with Crippen molar-refractivity contribution in [1.29, 1.82) is 0 Å². The molecular formula is C23H13BrClNO3. The molecule has 1 aliphatic rings. The molecule has 0 bridgehead atoms. The number of carbonyl (C=O) groups is 1. The molecule has 1 unspecified atom stereocenters. The summed E-state index contributed by atoms with van der Waals surface area (Å²) in [6.45, 7) is 0. The number of halogens is 2. The van der Waals surface area contributed by atoms with E-state index in [4.69, 9.17) is 16.0 Å². The second-order valence-corrected chi connectivity index (χ2v) is 8.13. The van der Waals surface area contributed by atoms with Crippen molar-refractivity contribution in [3.05, 3.63) is 109 Å². The minimum atomic E-state index is -0.600. The molecule has 6 heteroatoms. The van der Waals surface area contributed by atoms with E-state index >= 15 is 0 Å². The van der Waals surface area contributed by atoms with Crippen molar-refractivity contribution in [2.45, 2.75) is 6.04 Å². The van der Waals surface area contributed by atoms with Crippen LogP contribution in [0.3, 0.4) is 0 Å². The summed E-state index contributed by atoms with van der Waals surface area (Å²) in [5.41, 5.74) is 2.01. The molecule has 0 saturated carbocycles. The molecule has 1 amide bonds. The molecule has 0 spiro atoms. The quantitative estimate of drug-likeness (QED) is 0.366. The van der Waals surface area contributed by atoms with Crippen LogP contribution in [-0.2, 0) is 0 Å². The van der Waals surface area contributed by atoms with Crippen LogP contribution in [0.15, 0.2) is 86.5 Å². The van der Waals surface area contributed by atoms with E-state index in [0.717, 1.165) is 10.0 Å². The van der Waals surface area contributed by atoms with Crippen molar-refractivity contribution < 1.29 is 9.21 Å². The second kappa shape index (κ2) is 6.87. The summed E-state index contributed by atoms with van der Waals surface area (Å²) < 4.78 is 6.82. The summed E-state index contributed by atoms with van der Waals surface area (Å²) >= 11 is 9.48. The lowest BCUT2D eigenvalue weighted by Gasteiger charge is -2.25. The van der Waals surface area contributed by atoms with Gasteiger partial charge in [0, 0.05) is 15.2 Å². The van der Waals surface area contributed by atoms with Crippen molar-refractivity contribution in [1.82, 2.24) is 0 Å². The highest BCUT2D eigenvalue weighted by Crippen LogP contribution is 2.41. The summed E-state index contributed by atoms with van der Waals surface area (Å²) in [6, 6.07) is 20.9. The first-order valence-electron chi connectivity index (χ1n) is 8.95. The molecule has 142 valence electrons. The van der Waals surface area contributed by atoms with Crippen LogP contribution in [-0.4, -0.2) is 5.91 Å². The number of hydrogen-bond acceptors (Lipinski definition) is 3. The highest BCUT2D eigenvalue weighted by molar-refractivity contribution is 9.10. The van der Waals surface area contributed by atoms with Gasteiger partial charge in [0.25, 0.3) is 5.91 Å². The third-order valence-corrected chi connectivity index (χ3v) is 5.85. The van der Waals surface area contributed by atoms with E-state index in [-0.39, 0.29) is 17.1 Å². The van der Waals surface area contributed by atoms with Gasteiger partial charge >= 0.3 is 0 Å². The van der Waals surface area contributed by atoms with Crippen LogP contribution in [0, 0.1) is 0 Å². The summed E-state index contributed by atoms with van der Waals surface area (Å²) in [5.74, 6) is -0.262. The van der Waals surface area contributed by atoms with Gasteiger partial charge in [-0.15, -0.1) is 0 Å². The van der Waals surface area contributed by atoms with Gasteiger partial charge in [-0.25, -0.2) is 0 Å². The Bertz CT molecular complexity index is 1310. The Morgan fingerprint density at radius 3 is 2.31 bits per heavy atom. The molecule has 29 heavy (non-hydrogen) atoms. The molecule has 3 aromatic carbocycles. The molecule has 1 aromatic heterocycles. The standard InChI is InChI=1S/C23H13BrClNO3/c24-14-7-11-16(12-8-14)26-20(13-5-9-15(25)10-6-13)19-21(27)17-3-1-2-4-18(17)29-22(19)23(26)28/h1-12,20H. The third kappa shape index (κ3) is 2.89. The lowest BCUT2D eigenvalue weighted by atomic mass is 9.98. The fourth-order valence-corrected chi connectivity index (χ4v) is 4.14. The van der Waals surface area contributed by atoms with Gasteiger partial charge in [-0.05, 0) is 54.1 Å². The number of anilines is 1. The molecule has 4 aromatic rings. The van der Waals surface area contributed by atoms with Gasteiger partial charge in [0.05, 0.1) is 17.0 Å². The fraction of sp³-hybridized carbons (Fsp3) is 0.0435. The number of carbonyl (C=O) groups excluding carboxylic acids is 1. The molecule has 0 radical (unpaired) electrons. The third-order valence-electron chi connectivity index (χ3n) is 5.07. The van der Waals surface area contributed by atoms with Crippen LogP contribution in [0.2, 0.25) is 5.02 Å². The number of para-hydroxylation sites is 1. The van der Waals surface area contributed by atoms with E-state index in [1.165, 1.54) is 0 Å². The molecule has 1 aliphatic heterocycles. The van der Waals surface area contributed by atoms with Crippen molar-refractivity contribution in [3.63, 3.8) is 0 Å². The van der Waals surface area contributed by atoms with E-state index < -0.39 is 6.04 Å². The molecule has 0 aliphatic carbocycles. The largest absolute Gasteiger partial charge is 0.450 e. The monoisotopic (exact) mass is 465 g/mol. The van der Waals surface area contributed by atoms with Gasteiger partial charge < -0.3 is 4.42 Å². The lowest BCUT2D eigenvalue weighted by molar-refractivity contribution is 0.0971. The van der Waals surface area contributed by atoms with Crippen molar-refractivity contribution in [3.8, 4) is 0 Å². The van der Waals surface area contributed by atoms with E-state index in [1.54, 1.807) is 41.3 Å². The lowest BCUT2D eigenvalue weighted by Crippen LogP contribution is -2.29. The zero-order valence-corrected chi connectivity index (χ0v) is 17.3. The van der Waals surface area contributed by atoms with Gasteiger partial charge in [-0.1, -0.05) is 51.8 Å². The number of hydrogen-bond donors (Lipinski definition) is 0. The Morgan fingerprint density at radius 1 is 0.897 bits per heavy atom. The second-order valence-electron chi connectivity index (χ2n) is 6.78. The van der Waals surface area contributed by atoms with E-state index in [1.807, 2.05) is 36.4 Å². The first-order chi connectivity index (χ1) is 14.0. The van der Waals surface area contributed by atoms with E-state index in [2.05, 4.69) is 15.9 Å². The first-order valence-corrected chi connectivity index (χ1v) is 10.1. The van der Waals surface area contributed by atoms with Crippen LogP contribution >= 0.6 is 27.5 Å². The SMILES string of the molecule is O=C1c2oc3ccccc3c(=O)c2C(c2ccc(Cl)cc2)N1c1ccc(Br)cc1. The number of nitrogens with zero attached hydrogens (tertiary/aromatic N) is 1. The Labute approximate surface area is 179 Å². The van der Waals surface area contributed by atoms with Crippen molar-refractivity contribution >= 4 is 50.1 Å². The number of fused-ring (bicyclic) bond motifs is 2. The summed E-state index contributed by atoms with van der Waals surface area (Å²) in [6.07, 6.45) is 0. The van der Waals surface area contributed by atoms with Crippen LogP contribution in [0.1, 0.15) is 27.7 Å². The molecule has 5 rings (SSSR count). The Kier molecular flexibility index (Phi) is 4.30. The normalized spacial score (nSPS) is 15.7. The predicted molar refractivity (Wildman–Crippen MR) is 117 cm³/mol. The molecule has 0 fully saturated rings. The van der Waals surface area contributed by atoms with E-state index in [9.17, 15) is 9.59 Å². The van der Waals surface area contributed by atoms with Crippen molar-refractivity contribution in [2.24, 2.45) is 0 Å². The summed E-state index contributed by atoms with van der Waals surface area (Å²) in [7, 11) is 0. The Morgan fingerprint density at radius 2 is 1.59 bits per heavy atom. The van der Waals surface area contributed by atoms with Crippen LogP contribution in [0.4, 0.5) is 5.69 Å². The number of rotatable bonds is 2. The molecule has 0 N–H and O–H groups in total. The van der Waals surface area contributed by atoms with Gasteiger partial charge in [-0.2, -0.15) is 0 Å². The summed E-state index contributed by atoms with van der Waals surface area (Å²) in [4.78, 5) is 28.4. The van der Waals surface area contributed by atoms with Gasteiger partial charge in [0.15, 0.2) is 5.43 Å². The zero-order valence-electron chi connectivity index (χ0n) is 14.9. The Balaban J connectivity index is 1.81. The minimum absolute atomic E-state index is 0.0802. The number of benzene rings is 3. The van der Waals surface area contributed by atoms with Gasteiger partial charge in [-0.3, -0.25) is 14.5 Å². The minimum Gasteiger partial charge on any atom is -0.450 e. The van der Waals surface area contributed by atoms with Crippen LogP contribution in [0.25, 0.3) is 11.0 Å². The fourth-order valence-electron chi connectivity index (χ4n) is 3.75. The molecule has 1 atom stereocenters. The highest BCUT2D eigenvalue weighted by atomic mass is 79.9. The highest BCUT2D eigenvalue weighted by Gasteiger charge is 2.43. The topological polar surface area (TPSA) is 50.5 Å². The van der Waals surface area contributed by atoms with E-state index in [0.29, 0.717) is 27.2 Å². The van der Waals surface area contributed by atoms with Gasteiger partial charge in [0.1, 0.15) is 5.58 Å². The summed E-state index contributed by atoms with van der Waals surface area (Å²) in [5, 5.41) is 1.04. The average molecular weight is 467 g/mol. The zero-order chi connectivity index (χ0) is 20.1. The Hall–Kier alpha value is -2.89. The van der Waals surface area contributed by atoms with Crippen molar-refractivity contribution in [2.75, 3.05) is 4.90 Å². The first kappa shape index (κ1) is 18.2. The van der Waals surface area contributed by atoms with Gasteiger partial charge in [0.2, 0.25) is 5.76 Å². The maximum absolute atomic E-state index is 13.4. The molecule has 2 heterocycles. The maximum Gasteiger partial charge on any atom is 0.295 e. The molecule has 0 saturated heterocycles. The molecular weight excluding hydrogens is 454 g/mol.